The van der Waals surface area contributed by atoms with Gasteiger partial charge < -0.3 is 5.32 Å². The molecule has 0 atom stereocenters. The summed E-state index contributed by atoms with van der Waals surface area (Å²) >= 11 is 5.99. The van der Waals surface area contributed by atoms with Crippen LogP contribution in [0.1, 0.15) is 40.4 Å². The molecular weight excluding hydrogens is 365 g/mol. The molecule has 0 radical (unpaired) electrons. The lowest BCUT2D eigenvalue weighted by Gasteiger charge is -2.15. The molecule has 0 fully saturated rings. The minimum Gasteiger partial charge on any atom is -0.345 e. The molecule has 1 N–H and O–H groups in total. The van der Waals surface area contributed by atoms with Gasteiger partial charge in [-0.25, -0.2) is 9.37 Å². The Morgan fingerprint density at radius 1 is 1.11 bits per heavy atom. The Labute approximate surface area is 162 Å². The zero-order valence-electron chi connectivity index (χ0n) is 14.7. The highest BCUT2D eigenvalue weighted by Crippen LogP contribution is 2.26. The molecule has 0 bridgehead atoms. The van der Waals surface area contributed by atoms with Crippen molar-refractivity contribution in [2.45, 2.75) is 32.2 Å². The van der Waals surface area contributed by atoms with Crippen LogP contribution >= 0.6 is 11.6 Å². The highest BCUT2D eigenvalue weighted by molar-refractivity contribution is 6.33. The summed E-state index contributed by atoms with van der Waals surface area (Å²) in [4.78, 5) is 17.2. The third-order valence-electron chi connectivity index (χ3n) is 4.81. The molecule has 1 heterocycles. The second-order valence-corrected chi connectivity index (χ2v) is 6.99. The minimum absolute atomic E-state index is 0.0956. The Hall–Kier alpha value is -2.66. The van der Waals surface area contributed by atoms with Gasteiger partial charge in [-0.1, -0.05) is 35.9 Å². The first kappa shape index (κ1) is 17.7. The Morgan fingerprint density at radius 3 is 2.67 bits per heavy atom. The molecule has 3 aromatic rings. The number of halogens is 2. The van der Waals surface area contributed by atoms with Crippen molar-refractivity contribution in [3.8, 4) is 5.69 Å². The summed E-state index contributed by atoms with van der Waals surface area (Å²) < 4.78 is 16.1. The molecule has 4 rings (SSSR count). The molecule has 0 spiro atoms. The van der Waals surface area contributed by atoms with Gasteiger partial charge in [0.15, 0.2) is 0 Å². The number of aromatic nitrogens is 2. The zero-order chi connectivity index (χ0) is 18.8. The maximum absolute atomic E-state index is 14.0. The predicted octanol–water partition coefficient (Wildman–Crippen LogP) is 4.47. The van der Waals surface area contributed by atoms with Gasteiger partial charge in [-0.2, -0.15) is 0 Å². The van der Waals surface area contributed by atoms with Gasteiger partial charge in [0, 0.05) is 11.4 Å². The lowest BCUT2D eigenvalue weighted by atomic mass is 10.0. The van der Waals surface area contributed by atoms with E-state index in [1.807, 2.05) is 30.3 Å². The second-order valence-electron chi connectivity index (χ2n) is 6.58. The smallest absolute Gasteiger partial charge is 0.256 e. The molecule has 0 saturated carbocycles. The second kappa shape index (κ2) is 7.53. The molecule has 27 heavy (non-hydrogen) atoms. The summed E-state index contributed by atoms with van der Waals surface area (Å²) in [7, 11) is 0. The molecule has 1 aliphatic rings. The van der Waals surface area contributed by atoms with Crippen LogP contribution in [0.15, 0.2) is 48.5 Å². The van der Waals surface area contributed by atoms with Crippen molar-refractivity contribution in [2.75, 3.05) is 0 Å². The van der Waals surface area contributed by atoms with Crippen LogP contribution in [0.3, 0.4) is 0 Å². The van der Waals surface area contributed by atoms with Crippen LogP contribution in [0.25, 0.3) is 5.69 Å². The third kappa shape index (κ3) is 3.47. The topological polar surface area (TPSA) is 46.9 Å². The maximum Gasteiger partial charge on any atom is 0.256 e. The number of nitrogens with one attached hydrogen (secondary N) is 1. The number of fused-ring (bicyclic) bond motifs is 1. The number of rotatable bonds is 4. The van der Waals surface area contributed by atoms with Gasteiger partial charge in [0.05, 0.1) is 22.8 Å². The Balaban J connectivity index is 1.64. The Morgan fingerprint density at radius 2 is 1.89 bits per heavy atom. The van der Waals surface area contributed by atoms with Gasteiger partial charge in [-0.3, -0.25) is 9.36 Å². The number of hydrogen-bond donors (Lipinski definition) is 1. The van der Waals surface area contributed by atoms with Crippen molar-refractivity contribution < 1.29 is 9.18 Å². The molecule has 6 heteroatoms. The largest absolute Gasteiger partial charge is 0.345 e. The number of carbonyl (C=O) groups excluding carboxylic acids is 1. The van der Waals surface area contributed by atoms with Crippen LogP contribution in [0.2, 0.25) is 5.02 Å². The average Bonchev–Trinajstić information content (AvgIpc) is 3.05. The van der Waals surface area contributed by atoms with E-state index in [1.165, 1.54) is 23.9 Å². The first-order valence-electron chi connectivity index (χ1n) is 9.02. The van der Waals surface area contributed by atoms with Crippen molar-refractivity contribution in [3.05, 3.63) is 82.1 Å². The fraction of sp³-hybridized carbons (Fsp3) is 0.238. The predicted molar refractivity (Wildman–Crippen MR) is 103 cm³/mol. The highest BCUT2D eigenvalue weighted by atomic mass is 35.5. The van der Waals surface area contributed by atoms with Gasteiger partial charge in [0.1, 0.15) is 11.6 Å². The SMILES string of the molecule is O=C(NCc1nc2c(n1-c1ccccc1)CCCC2)c1c(F)cccc1Cl. The van der Waals surface area contributed by atoms with E-state index in [0.717, 1.165) is 42.9 Å². The Bertz CT molecular complexity index is 964. The van der Waals surface area contributed by atoms with Crippen LogP contribution in [-0.2, 0) is 19.4 Å². The molecule has 2 aromatic carbocycles. The molecule has 0 saturated heterocycles. The number of aryl methyl sites for hydroxylation is 1. The monoisotopic (exact) mass is 383 g/mol. The van der Waals surface area contributed by atoms with Crippen LogP contribution in [0.5, 0.6) is 0 Å². The summed E-state index contributed by atoms with van der Waals surface area (Å²) in [5.41, 5.74) is 3.15. The maximum atomic E-state index is 14.0. The summed E-state index contributed by atoms with van der Waals surface area (Å²) in [6.07, 6.45) is 4.15. The van der Waals surface area contributed by atoms with Crippen LogP contribution in [-0.4, -0.2) is 15.5 Å². The zero-order valence-corrected chi connectivity index (χ0v) is 15.5. The van der Waals surface area contributed by atoms with E-state index < -0.39 is 11.7 Å². The number of amides is 1. The third-order valence-corrected chi connectivity index (χ3v) is 5.13. The van der Waals surface area contributed by atoms with Crippen LogP contribution in [0, 0.1) is 5.82 Å². The summed E-state index contributed by atoms with van der Waals surface area (Å²) in [5, 5.41) is 2.87. The number of imidazole rings is 1. The number of benzene rings is 2. The van der Waals surface area contributed by atoms with Crippen LogP contribution < -0.4 is 5.32 Å². The van der Waals surface area contributed by atoms with Crippen molar-refractivity contribution in [2.24, 2.45) is 0 Å². The number of para-hydroxylation sites is 1. The van der Waals surface area contributed by atoms with Crippen LogP contribution in [0.4, 0.5) is 4.39 Å². The minimum atomic E-state index is -0.634. The van der Waals surface area contributed by atoms with Gasteiger partial charge in [0.25, 0.3) is 5.91 Å². The fourth-order valence-electron chi connectivity index (χ4n) is 3.56. The molecule has 138 valence electrons. The van der Waals surface area contributed by atoms with Gasteiger partial charge >= 0.3 is 0 Å². The quantitative estimate of drug-likeness (QED) is 0.722. The fourth-order valence-corrected chi connectivity index (χ4v) is 3.81. The van der Waals surface area contributed by atoms with Crippen molar-refractivity contribution in [1.82, 2.24) is 14.9 Å². The molecular formula is C21H19ClFN3O. The molecule has 0 unspecified atom stereocenters. The Kier molecular flexibility index (Phi) is 4.94. The number of nitrogens with zero attached hydrogens (tertiary/aromatic N) is 2. The van der Waals surface area contributed by atoms with E-state index in [2.05, 4.69) is 9.88 Å². The highest BCUT2D eigenvalue weighted by Gasteiger charge is 2.22. The van der Waals surface area contributed by atoms with Crippen molar-refractivity contribution in [1.29, 1.82) is 0 Å². The van der Waals surface area contributed by atoms with Crippen molar-refractivity contribution >= 4 is 17.5 Å². The van der Waals surface area contributed by atoms with E-state index in [4.69, 9.17) is 16.6 Å². The first-order valence-corrected chi connectivity index (χ1v) is 9.40. The molecule has 4 nitrogen and oxygen atoms in total. The molecule has 1 aliphatic carbocycles. The lowest BCUT2D eigenvalue weighted by Crippen LogP contribution is -2.26. The number of hydrogen-bond acceptors (Lipinski definition) is 2. The molecule has 1 aromatic heterocycles. The average molecular weight is 384 g/mol. The number of carbonyl (C=O) groups is 1. The van der Waals surface area contributed by atoms with Gasteiger partial charge in [0.2, 0.25) is 0 Å². The van der Waals surface area contributed by atoms with E-state index in [0.29, 0.717) is 0 Å². The summed E-state index contributed by atoms with van der Waals surface area (Å²) in [6.45, 7) is 0.200. The standard InChI is InChI=1S/C21H19ClFN3O/c22-15-9-6-10-16(23)20(15)21(27)24-13-19-25-17-11-4-5-12-18(17)26(19)14-7-2-1-3-8-14/h1-3,6-10H,4-5,11-13H2,(H,24,27). The van der Waals surface area contributed by atoms with Gasteiger partial charge in [-0.05, 0) is 49.9 Å². The first-order chi connectivity index (χ1) is 13.1. The van der Waals surface area contributed by atoms with E-state index in [-0.39, 0.29) is 17.1 Å². The lowest BCUT2D eigenvalue weighted by molar-refractivity contribution is 0.0946. The van der Waals surface area contributed by atoms with E-state index in [9.17, 15) is 9.18 Å². The van der Waals surface area contributed by atoms with E-state index >= 15 is 0 Å². The van der Waals surface area contributed by atoms with E-state index in [1.54, 1.807) is 0 Å². The summed E-state index contributed by atoms with van der Waals surface area (Å²) in [5.74, 6) is -0.432. The van der Waals surface area contributed by atoms with Crippen molar-refractivity contribution in [3.63, 3.8) is 0 Å². The molecule has 0 aliphatic heterocycles. The van der Waals surface area contributed by atoms with Gasteiger partial charge in [-0.15, -0.1) is 0 Å². The normalized spacial score (nSPS) is 13.3. The molecule has 1 amide bonds. The summed E-state index contributed by atoms with van der Waals surface area (Å²) in [6, 6.07) is 14.2.